The van der Waals surface area contributed by atoms with Gasteiger partial charge in [0.05, 0.1) is 16.7 Å². The highest BCUT2D eigenvalue weighted by molar-refractivity contribution is 6.22. The van der Waals surface area contributed by atoms with Crippen LogP contribution in [0.5, 0.6) is 0 Å². The van der Waals surface area contributed by atoms with E-state index in [-0.39, 0.29) is 11.3 Å². The lowest BCUT2D eigenvalue weighted by molar-refractivity contribution is 0.0901. The van der Waals surface area contributed by atoms with Gasteiger partial charge in [-0.25, -0.2) is 0 Å². The molecule has 118 valence electrons. The fourth-order valence-electron chi connectivity index (χ4n) is 3.31. The molecule has 0 saturated heterocycles. The van der Waals surface area contributed by atoms with Crippen molar-refractivity contribution in [2.45, 2.75) is 39.7 Å². The molecule has 1 heterocycles. The minimum atomic E-state index is -0.658. The molecule has 1 aliphatic heterocycles. The van der Waals surface area contributed by atoms with E-state index in [1.165, 1.54) is 5.56 Å². The van der Waals surface area contributed by atoms with Gasteiger partial charge in [0, 0.05) is 5.56 Å². The fraction of sp³-hybridized carbons (Fsp3) is 0.333. The summed E-state index contributed by atoms with van der Waals surface area (Å²) in [5.41, 5.74) is 3.18. The number of aliphatic imine (C=N–C) groups is 1. The van der Waals surface area contributed by atoms with Gasteiger partial charge in [-0.15, -0.1) is 0 Å². The molecule has 0 N–H and O–H groups in total. The molecule has 0 aromatic heterocycles. The topological polar surface area (TPSA) is 29.4 Å². The van der Waals surface area contributed by atoms with Crippen molar-refractivity contribution in [3.63, 3.8) is 0 Å². The second-order valence-electron chi connectivity index (χ2n) is 7.43. The number of fused-ring (bicyclic) bond motifs is 1. The highest BCUT2D eigenvalue weighted by atomic mass is 16.1. The molecule has 0 aliphatic carbocycles. The number of carbonyl (C=O) groups excluding carboxylic acids is 1. The molecule has 0 amide bonds. The van der Waals surface area contributed by atoms with Gasteiger partial charge in [0.2, 0.25) is 0 Å². The summed E-state index contributed by atoms with van der Waals surface area (Å²) in [5, 5.41) is 0. The van der Waals surface area contributed by atoms with Gasteiger partial charge >= 0.3 is 0 Å². The highest BCUT2D eigenvalue weighted by Crippen LogP contribution is 2.35. The number of rotatable bonds is 3. The Labute approximate surface area is 138 Å². The van der Waals surface area contributed by atoms with E-state index in [0.29, 0.717) is 0 Å². The maximum atomic E-state index is 13.1. The number of carbonyl (C=O) groups is 1. The molecule has 2 aromatic carbocycles. The van der Waals surface area contributed by atoms with E-state index in [1.807, 2.05) is 50.2 Å². The van der Waals surface area contributed by atoms with Crippen LogP contribution in [-0.2, 0) is 6.42 Å². The van der Waals surface area contributed by atoms with Gasteiger partial charge in [0.1, 0.15) is 0 Å². The molecule has 0 spiro atoms. The number of hydrogen-bond donors (Lipinski definition) is 0. The van der Waals surface area contributed by atoms with E-state index in [1.54, 1.807) is 0 Å². The number of ketones is 1. The van der Waals surface area contributed by atoms with Crippen molar-refractivity contribution in [3.05, 3.63) is 71.3 Å². The van der Waals surface area contributed by atoms with Crippen LogP contribution in [0.1, 0.15) is 49.2 Å². The number of Topliss-reactive ketones (excluding diaryl/α,β-unsaturated/α-hetero) is 1. The van der Waals surface area contributed by atoms with Gasteiger partial charge in [-0.3, -0.25) is 9.79 Å². The smallest absolute Gasteiger partial charge is 0.174 e. The first-order chi connectivity index (χ1) is 10.8. The van der Waals surface area contributed by atoms with Crippen LogP contribution >= 0.6 is 0 Å². The van der Waals surface area contributed by atoms with E-state index in [0.717, 1.165) is 23.3 Å². The van der Waals surface area contributed by atoms with Gasteiger partial charge in [-0.1, -0.05) is 54.6 Å². The molecule has 23 heavy (non-hydrogen) atoms. The van der Waals surface area contributed by atoms with Crippen LogP contribution in [0, 0.1) is 5.41 Å². The van der Waals surface area contributed by atoms with Crippen molar-refractivity contribution in [2.75, 3.05) is 0 Å². The molecule has 2 nitrogen and oxygen atoms in total. The minimum Gasteiger partial charge on any atom is -0.293 e. The standard InChI is InChI=1S/C21H23NO/c1-20(2)14-16-12-8-9-13-17(16)18(22-20)21(3,4)19(23)15-10-6-5-7-11-15/h5-13H,14H2,1-4H3. The van der Waals surface area contributed by atoms with Crippen molar-refractivity contribution >= 4 is 11.5 Å². The number of benzene rings is 2. The zero-order chi connectivity index (χ0) is 16.7. The van der Waals surface area contributed by atoms with Crippen LogP contribution in [0.15, 0.2) is 59.6 Å². The molecule has 0 saturated carbocycles. The van der Waals surface area contributed by atoms with Crippen molar-refractivity contribution < 1.29 is 4.79 Å². The Balaban J connectivity index is 2.11. The highest BCUT2D eigenvalue weighted by Gasteiger charge is 2.39. The number of hydrogen-bond acceptors (Lipinski definition) is 2. The molecule has 3 rings (SSSR count). The molecule has 0 fully saturated rings. The Morgan fingerprint density at radius 1 is 1.00 bits per heavy atom. The van der Waals surface area contributed by atoms with Gasteiger partial charge in [0.15, 0.2) is 5.78 Å². The molecular formula is C21H23NO. The zero-order valence-electron chi connectivity index (χ0n) is 14.3. The summed E-state index contributed by atoms with van der Waals surface area (Å²) in [6.07, 6.45) is 0.905. The lowest BCUT2D eigenvalue weighted by Crippen LogP contribution is -2.40. The van der Waals surface area contributed by atoms with Gasteiger partial charge in [0.25, 0.3) is 0 Å². The molecular weight excluding hydrogens is 282 g/mol. The first kappa shape index (κ1) is 15.7. The summed E-state index contributed by atoms with van der Waals surface area (Å²) >= 11 is 0. The second kappa shape index (κ2) is 5.45. The van der Waals surface area contributed by atoms with E-state index in [4.69, 9.17) is 4.99 Å². The van der Waals surface area contributed by atoms with E-state index in [9.17, 15) is 4.79 Å². The first-order valence-electron chi connectivity index (χ1n) is 8.10. The summed E-state index contributed by atoms with van der Waals surface area (Å²) in [6, 6.07) is 17.8. The van der Waals surface area contributed by atoms with E-state index < -0.39 is 5.41 Å². The Kier molecular flexibility index (Phi) is 3.71. The second-order valence-corrected chi connectivity index (χ2v) is 7.43. The zero-order valence-corrected chi connectivity index (χ0v) is 14.3. The maximum absolute atomic E-state index is 13.1. The molecule has 2 heteroatoms. The van der Waals surface area contributed by atoms with Crippen molar-refractivity contribution in [2.24, 2.45) is 10.4 Å². The molecule has 0 bridgehead atoms. The third kappa shape index (κ3) is 2.86. The van der Waals surface area contributed by atoms with Crippen LogP contribution in [0.25, 0.3) is 0 Å². The minimum absolute atomic E-state index is 0.115. The van der Waals surface area contributed by atoms with Gasteiger partial charge in [-0.05, 0) is 45.2 Å². The lowest BCUT2D eigenvalue weighted by Gasteiger charge is -2.35. The fourth-order valence-corrected chi connectivity index (χ4v) is 3.31. The third-order valence-corrected chi connectivity index (χ3v) is 4.51. The summed E-state index contributed by atoms with van der Waals surface area (Å²) in [7, 11) is 0. The predicted molar refractivity (Wildman–Crippen MR) is 95.3 cm³/mol. The van der Waals surface area contributed by atoms with Gasteiger partial charge in [-0.2, -0.15) is 0 Å². The quantitative estimate of drug-likeness (QED) is 0.754. The first-order valence-corrected chi connectivity index (χ1v) is 8.10. The van der Waals surface area contributed by atoms with Crippen LogP contribution < -0.4 is 0 Å². The molecule has 2 aromatic rings. The summed E-state index contributed by atoms with van der Waals surface area (Å²) in [6.45, 7) is 8.23. The van der Waals surface area contributed by atoms with Crippen LogP contribution in [0.3, 0.4) is 0 Å². The average molecular weight is 305 g/mol. The Hall–Kier alpha value is -2.22. The average Bonchev–Trinajstić information content (AvgIpc) is 2.53. The Morgan fingerprint density at radius 3 is 2.30 bits per heavy atom. The monoisotopic (exact) mass is 305 g/mol. The van der Waals surface area contributed by atoms with E-state index >= 15 is 0 Å². The van der Waals surface area contributed by atoms with Crippen molar-refractivity contribution in [1.29, 1.82) is 0 Å². The predicted octanol–water partition coefficient (Wildman–Crippen LogP) is 4.72. The van der Waals surface area contributed by atoms with Crippen LogP contribution in [0.4, 0.5) is 0 Å². The van der Waals surface area contributed by atoms with Gasteiger partial charge < -0.3 is 0 Å². The van der Waals surface area contributed by atoms with E-state index in [2.05, 4.69) is 32.0 Å². The van der Waals surface area contributed by atoms with Crippen LogP contribution in [-0.4, -0.2) is 17.0 Å². The maximum Gasteiger partial charge on any atom is 0.174 e. The Bertz CT molecular complexity index is 769. The largest absolute Gasteiger partial charge is 0.293 e. The Morgan fingerprint density at radius 2 is 1.61 bits per heavy atom. The van der Waals surface area contributed by atoms with Crippen molar-refractivity contribution in [1.82, 2.24) is 0 Å². The SMILES string of the molecule is CC1(C)Cc2ccccc2C(C(C)(C)C(=O)c2ccccc2)=N1. The normalized spacial score (nSPS) is 16.4. The van der Waals surface area contributed by atoms with Crippen molar-refractivity contribution in [3.8, 4) is 0 Å². The van der Waals surface area contributed by atoms with Crippen LogP contribution in [0.2, 0.25) is 0 Å². The molecule has 1 aliphatic rings. The molecule has 0 atom stereocenters. The summed E-state index contributed by atoms with van der Waals surface area (Å²) in [5.74, 6) is 0.115. The lowest BCUT2D eigenvalue weighted by atomic mass is 9.73. The summed E-state index contributed by atoms with van der Waals surface area (Å²) in [4.78, 5) is 18.1. The molecule has 0 unspecified atom stereocenters. The summed E-state index contributed by atoms with van der Waals surface area (Å²) < 4.78 is 0. The number of nitrogens with zero attached hydrogens (tertiary/aromatic N) is 1. The molecule has 0 radical (unpaired) electrons. The third-order valence-electron chi connectivity index (χ3n) is 4.51.